The molecule has 34 heavy (non-hydrogen) atoms. The molecule has 2 atom stereocenters. The van der Waals surface area contributed by atoms with E-state index in [0.29, 0.717) is 22.4 Å². The Morgan fingerprint density at radius 3 is 2.50 bits per heavy atom. The maximum atomic E-state index is 13.9. The highest BCUT2D eigenvalue weighted by Gasteiger charge is 2.47. The molecule has 0 spiro atoms. The first-order chi connectivity index (χ1) is 16.5. The van der Waals surface area contributed by atoms with Crippen molar-refractivity contribution in [3.05, 3.63) is 95.5 Å². The van der Waals surface area contributed by atoms with Gasteiger partial charge in [0, 0.05) is 12.6 Å². The van der Waals surface area contributed by atoms with Crippen LogP contribution < -0.4 is 10.6 Å². The van der Waals surface area contributed by atoms with Crippen LogP contribution in [0.1, 0.15) is 36.1 Å². The number of amides is 4. The van der Waals surface area contributed by atoms with Crippen molar-refractivity contribution in [3.63, 3.8) is 0 Å². The normalized spacial score (nSPS) is 20.7. The molecule has 2 aromatic rings. The largest absolute Gasteiger partial charge is 0.351 e. The average molecular weight is 461 g/mol. The van der Waals surface area contributed by atoms with Crippen molar-refractivity contribution in [2.45, 2.75) is 31.0 Å². The van der Waals surface area contributed by atoms with Crippen LogP contribution in [0, 0.1) is 5.82 Å². The van der Waals surface area contributed by atoms with Gasteiger partial charge in [-0.25, -0.2) is 9.18 Å². The third-order valence-electron chi connectivity index (χ3n) is 6.36. The highest BCUT2D eigenvalue weighted by molar-refractivity contribution is 6.04. The summed E-state index contributed by atoms with van der Waals surface area (Å²) >= 11 is 0. The molecule has 0 radical (unpaired) electrons. The molecule has 1 saturated carbocycles. The summed E-state index contributed by atoms with van der Waals surface area (Å²) in [6.07, 6.45) is 3.44. The third-order valence-corrected chi connectivity index (χ3v) is 6.36. The molecular weight excluding hydrogens is 435 g/mol. The molecule has 7 nitrogen and oxygen atoms in total. The molecule has 1 fully saturated rings. The van der Waals surface area contributed by atoms with E-state index in [1.807, 2.05) is 30.3 Å². The number of benzene rings is 2. The van der Waals surface area contributed by atoms with Crippen LogP contribution >= 0.6 is 0 Å². The van der Waals surface area contributed by atoms with Crippen LogP contribution in [0.15, 0.2) is 78.5 Å². The molecule has 0 unspecified atom stereocenters. The zero-order valence-electron chi connectivity index (χ0n) is 18.5. The van der Waals surface area contributed by atoms with Crippen LogP contribution in [-0.4, -0.2) is 46.8 Å². The summed E-state index contributed by atoms with van der Waals surface area (Å²) in [4.78, 5) is 43.2. The molecule has 2 aliphatic heterocycles. The molecule has 4 amide bonds. The predicted octanol–water partition coefficient (Wildman–Crippen LogP) is 3.19. The van der Waals surface area contributed by atoms with Crippen LogP contribution in [-0.2, 0) is 9.59 Å². The molecule has 2 aromatic carbocycles. The number of carbonyl (C=O) groups excluding carboxylic acids is 3. The fourth-order valence-electron chi connectivity index (χ4n) is 4.57. The minimum atomic E-state index is -0.838. The first kappa shape index (κ1) is 21.9. The SMILES string of the molecule is C=CCN1C(=O)N[C@@H](c2ccc(F)cc2)C2=C1CN([C@H](C(=O)NC1CC1)c1ccccc1)C2=O. The maximum Gasteiger partial charge on any atom is 0.322 e. The second kappa shape index (κ2) is 8.78. The van der Waals surface area contributed by atoms with Crippen LogP contribution in [0.3, 0.4) is 0 Å². The standard InChI is InChI=1S/C26H25FN4O3/c1-2-14-30-20-15-31(23(17-6-4-3-5-7-17)24(32)28-19-12-13-19)25(33)21(20)22(29-26(30)34)16-8-10-18(27)11-9-16/h2-11,19,22-23H,1,12-15H2,(H,28,32)(H,29,34)/t22-,23-/m0/s1. The van der Waals surface area contributed by atoms with Crippen molar-refractivity contribution in [1.29, 1.82) is 0 Å². The second-order valence-corrected chi connectivity index (χ2v) is 8.72. The van der Waals surface area contributed by atoms with Crippen LogP contribution in [0.5, 0.6) is 0 Å². The van der Waals surface area contributed by atoms with Crippen LogP contribution in [0.2, 0.25) is 0 Å². The Hall–Kier alpha value is -3.94. The highest BCUT2D eigenvalue weighted by atomic mass is 19.1. The third kappa shape index (κ3) is 3.96. The Bertz CT molecular complexity index is 1170. The number of nitrogens with zero attached hydrogens (tertiary/aromatic N) is 2. The van der Waals surface area contributed by atoms with Crippen molar-refractivity contribution in [2.24, 2.45) is 0 Å². The predicted molar refractivity (Wildman–Crippen MR) is 124 cm³/mol. The molecule has 0 saturated heterocycles. The fraction of sp³-hybridized carbons (Fsp3) is 0.269. The van der Waals surface area contributed by atoms with E-state index in [0.717, 1.165) is 12.8 Å². The minimum Gasteiger partial charge on any atom is -0.351 e. The van der Waals surface area contributed by atoms with Crippen molar-refractivity contribution in [2.75, 3.05) is 13.1 Å². The molecule has 2 N–H and O–H groups in total. The van der Waals surface area contributed by atoms with Gasteiger partial charge in [0.25, 0.3) is 5.91 Å². The summed E-state index contributed by atoms with van der Waals surface area (Å²) < 4.78 is 13.6. The monoisotopic (exact) mass is 460 g/mol. The Labute approximate surface area is 196 Å². The number of hydrogen-bond donors (Lipinski definition) is 2. The van der Waals surface area contributed by atoms with Gasteiger partial charge in [-0.1, -0.05) is 48.5 Å². The summed E-state index contributed by atoms with van der Waals surface area (Å²) in [5.41, 5.74) is 2.20. The first-order valence-corrected chi connectivity index (χ1v) is 11.3. The van der Waals surface area contributed by atoms with Crippen molar-refractivity contribution >= 4 is 17.8 Å². The number of urea groups is 1. The van der Waals surface area contributed by atoms with E-state index in [9.17, 15) is 18.8 Å². The van der Waals surface area contributed by atoms with E-state index in [1.165, 1.54) is 21.9 Å². The molecular formula is C26H25FN4O3. The van der Waals surface area contributed by atoms with Crippen molar-refractivity contribution in [3.8, 4) is 0 Å². The molecule has 3 aliphatic rings. The molecule has 2 heterocycles. The smallest absolute Gasteiger partial charge is 0.322 e. The van der Waals surface area contributed by atoms with E-state index in [-0.39, 0.29) is 37.0 Å². The highest BCUT2D eigenvalue weighted by Crippen LogP contribution is 2.40. The van der Waals surface area contributed by atoms with Gasteiger partial charge in [-0.05, 0) is 36.1 Å². The van der Waals surface area contributed by atoms with Crippen molar-refractivity contribution < 1.29 is 18.8 Å². The summed E-state index contributed by atoms with van der Waals surface area (Å²) in [6, 6.07) is 13.0. The first-order valence-electron chi connectivity index (χ1n) is 11.3. The summed E-state index contributed by atoms with van der Waals surface area (Å²) in [5.74, 6) is -0.985. The van der Waals surface area contributed by atoms with E-state index in [2.05, 4.69) is 17.2 Å². The summed E-state index contributed by atoms with van der Waals surface area (Å²) in [7, 11) is 0. The average Bonchev–Trinajstić information content (AvgIpc) is 3.59. The molecule has 1 aliphatic carbocycles. The van der Waals surface area contributed by atoms with E-state index < -0.39 is 17.9 Å². The van der Waals surface area contributed by atoms with Gasteiger partial charge in [0.05, 0.1) is 23.9 Å². The van der Waals surface area contributed by atoms with Gasteiger partial charge in [-0.2, -0.15) is 0 Å². The zero-order valence-corrected chi connectivity index (χ0v) is 18.5. The van der Waals surface area contributed by atoms with Gasteiger partial charge >= 0.3 is 6.03 Å². The van der Waals surface area contributed by atoms with Gasteiger partial charge in [0.1, 0.15) is 11.9 Å². The minimum absolute atomic E-state index is 0.102. The quantitative estimate of drug-likeness (QED) is 0.623. The Balaban J connectivity index is 1.55. The lowest BCUT2D eigenvalue weighted by atomic mass is 9.95. The second-order valence-electron chi connectivity index (χ2n) is 8.72. The number of nitrogens with one attached hydrogen (secondary N) is 2. The molecule has 0 bridgehead atoms. The van der Waals surface area contributed by atoms with Crippen LogP contribution in [0.4, 0.5) is 9.18 Å². The van der Waals surface area contributed by atoms with E-state index >= 15 is 0 Å². The van der Waals surface area contributed by atoms with Crippen LogP contribution in [0.25, 0.3) is 0 Å². The number of carbonyl (C=O) groups is 3. The molecule has 5 rings (SSSR count). The summed E-state index contributed by atoms with van der Waals surface area (Å²) in [6.45, 7) is 4.05. The van der Waals surface area contributed by atoms with Gasteiger partial charge in [0.2, 0.25) is 5.91 Å². The summed E-state index contributed by atoms with van der Waals surface area (Å²) in [5, 5.41) is 5.89. The Morgan fingerprint density at radius 1 is 1.15 bits per heavy atom. The lowest BCUT2D eigenvalue weighted by molar-refractivity contribution is -0.136. The molecule has 0 aromatic heterocycles. The fourth-order valence-corrected chi connectivity index (χ4v) is 4.57. The Kier molecular flexibility index (Phi) is 5.65. The zero-order chi connectivity index (χ0) is 23.8. The van der Waals surface area contributed by atoms with E-state index in [4.69, 9.17) is 0 Å². The van der Waals surface area contributed by atoms with Gasteiger partial charge < -0.3 is 15.5 Å². The number of hydrogen-bond acceptors (Lipinski definition) is 3. The van der Waals surface area contributed by atoms with Crippen molar-refractivity contribution in [1.82, 2.24) is 20.4 Å². The van der Waals surface area contributed by atoms with Gasteiger partial charge in [-0.15, -0.1) is 6.58 Å². The molecule has 174 valence electrons. The topological polar surface area (TPSA) is 81.8 Å². The number of rotatable bonds is 7. The number of halogens is 1. The lowest BCUT2D eigenvalue weighted by Crippen LogP contribution is -2.47. The van der Waals surface area contributed by atoms with Gasteiger partial charge in [-0.3, -0.25) is 14.5 Å². The lowest BCUT2D eigenvalue weighted by Gasteiger charge is -2.33. The maximum absolute atomic E-state index is 13.9. The van der Waals surface area contributed by atoms with Gasteiger partial charge in [0.15, 0.2) is 0 Å². The molecule has 8 heteroatoms. The Morgan fingerprint density at radius 2 is 1.85 bits per heavy atom. The van der Waals surface area contributed by atoms with E-state index in [1.54, 1.807) is 18.2 Å².